The normalized spacial score (nSPS) is 14.8. The summed E-state index contributed by atoms with van der Waals surface area (Å²) in [7, 11) is -3.43. The predicted octanol–water partition coefficient (Wildman–Crippen LogP) is 1.71. The molecule has 0 spiro atoms. The third kappa shape index (κ3) is 3.30. The number of rotatable bonds is 4. The number of carbonyl (C=O) groups excluding carboxylic acids is 1. The van der Waals surface area contributed by atoms with Crippen molar-refractivity contribution in [3.8, 4) is 0 Å². The monoisotopic (exact) mass is 306 g/mol. The van der Waals surface area contributed by atoms with Crippen molar-refractivity contribution < 1.29 is 13.2 Å². The first-order valence-corrected chi connectivity index (χ1v) is 8.30. The number of amides is 1. The molecule has 0 radical (unpaired) electrons. The van der Waals surface area contributed by atoms with Gasteiger partial charge in [0.05, 0.1) is 22.9 Å². The number of anilines is 2. The molecule has 8 heteroatoms. The highest BCUT2D eigenvalue weighted by molar-refractivity contribution is 8.00. The van der Waals surface area contributed by atoms with Gasteiger partial charge in [0.15, 0.2) is 0 Å². The number of hydrogen-bond acceptors (Lipinski definition) is 4. The van der Waals surface area contributed by atoms with Gasteiger partial charge >= 0.3 is 0 Å². The third-order valence-corrected chi connectivity index (χ3v) is 5.01. The van der Waals surface area contributed by atoms with E-state index in [1.165, 1.54) is 11.8 Å². The number of benzene rings is 1. The summed E-state index contributed by atoms with van der Waals surface area (Å²) in [6, 6.07) is 5.04. The van der Waals surface area contributed by atoms with E-state index in [0.29, 0.717) is 17.1 Å². The summed E-state index contributed by atoms with van der Waals surface area (Å²) < 4.78 is 25.5. The Kier molecular flexibility index (Phi) is 4.04. The zero-order valence-electron chi connectivity index (χ0n) is 9.27. The number of hydrogen-bond donors (Lipinski definition) is 2. The minimum absolute atomic E-state index is 0.0346. The second-order valence-corrected chi connectivity index (χ2v) is 6.89. The van der Waals surface area contributed by atoms with E-state index in [9.17, 15) is 13.2 Å². The molecule has 0 fully saturated rings. The first-order chi connectivity index (χ1) is 8.50. The van der Waals surface area contributed by atoms with E-state index in [0.717, 1.165) is 4.90 Å². The van der Waals surface area contributed by atoms with Crippen molar-refractivity contribution in [1.82, 2.24) is 0 Å². The number of carbonyl (C=O) groups is 1. The number of fused-ring (bicyclic) bond motifs is 1. The van der Waals surface area contributed by atoms with E-state index in [1.54, 1.807) is 18.2 Å². The van der Waals surface area contributed by atoms with Crippen LogP contribution in [-0.4, -0.2) is 31.7 Å². The number of halogens is 1. The Morgan fingerprint density at radius 2 is 2.22 bits per heavy atom. The molecule has 0 atom stereocenters. The van der Waals surface area contributed by atoms with E-state index < -0.39 is 10.0 Å². The number of nitrogens with one attached hydrogen (secondary N) is 2. The maximum absolute atomic E-state index is 11.5. The van der Waals surface area contributed by atoms with Crippen molar-refractivity contribution in [1.29, 1.82) is 0 Å². The topological polar surface area (TPSA) is 75.3 Å². The highest BCUT2D eigenvalue weighted by Crippen LogP contribution is 2.33. The minimum atomic E-state index is -3.43. The lowest BCUT2D eigenvalue weighted by atomic mass is 10.3. The van der Waals surface area contributed by atoms with Crippen LogP contribution < -0.4 is 10.0 Å². The van der Waals surface area contributed by atoms with Crippen molar-refractivity contribution in [3.63, 3.8) is 0 Å². The molecule has 0 saturated carbocycles. The summed E-state index contributed by atoms with van der Waals surface area (Å²) in [5.41, 5.74) is 1.05. The molecule has 18 heavy (non-hydrogen) atoms. The third-order valence-electron chi connectivity index (χ3n) is 2.23. The average molecular weight is 307 g/mol. The molecule has 0 bridgehead atoms. The first kappa shape index (κ1) is 13.5. The molecule has 0 aliphatic carbocycles. The Hall–Kier alpha value is -0.920. The number of sulfonamides is 1. The summed E-state index contributed by atoms with van der Waals surface area (Å²) in [5.74, 6) is 0.178. The molecule has 0 aromatic heterocycles. The quantitative estimate of drug-likeness (QED) is 0.830. The van der Waals surface area contributed by atoms with Crippen LogP contribution in [-0.2, 0) is 14.8 Å². The number of thioether (sulfide) groups is 1. The van der Waals surface area contributed by atoms with E-state index in [1.807, 2.05) is 0 Å². The van der Waals surface area contributed by atoms with Crippen LogP contribution in [0.4, 0.5) is 11.4 Å². The van der Waals surface area contributed by atoms with Crippen molar-refractivity contribution in [2.24, 2.45) is 0 Å². The second kappa shape index (κ2) is 5.38. The lowest BCUT2D eigenvalue weighted by Crippen LogP contribution is -2.20. The Morgan fingerprint density at radius 1 is 1.44 bits per heavy atom. The standard InChI is InChI=1S/C10H11ClN2O3S2/c11-3-4-18(15,16)13-7-1-2-9-8(5-7)12-10(14)6-17-9/h1-2,5,13H,3-4,6H2,(H,12,14). The molecule has 2 N–H and O–H groups in total. The summed E-state index contributed by atoms with van der Waals surface area (Å²) >= 11 is 6.83. The molecule has 98 valence electrons. The first-order valence-electron chi connectivity index (χ1n) is 5.13. The van der Waals surface area contributed by atoms with Crippen molar-refractivity contribution in [2.75, 3.05) is 27.4 Å². The van der Waals surface area contributed by atoms with Crippen LogP contribution in [0.15, 0.2) is 23.1 Å². The molecule has 5 nitrogen and oxygen atoms in total. The minimum Gasteiger partial charge on any atom is -0.324 e. The van der Waals surface area contributed by atoms with E-state index in [2.05, 4.69) is 10.0 Å². The van der Waals surface area contributed by atoms with Crippen LogP contribution in [0, 0.1) is 0 Å². The molecule has 1 aromatic carbocycles. The predicted molar refractivity (Wildman–Crippen MR) is 73.9 cm³/mol. The van der Waals surface area contributed by atoms with Gasteiger partial charge in [0.1, 0.15) is 0 Å². The maximum atomic E-state index is 11.5. The molecule has 2 rings (SSSR count). The Bertz CT molecular complexity index is 574. The zero-order chi connectivity index (χ0) is 13.2. The van der Waals surface area contributed by atoms with Gasteiger partial charge in [-0.2, -0.15) is 0 Å². The molecule has 0 unspecified atom stereocenters. The van der Waals surface area contributed by atoms with Crippen LogP contribution >= 0.6 is 23.4 Å². The van der Waals surface area contributed by atoms with Gasteiger partial charge in [-0.25, -0.2) is 8.42 Å². The molecular weight excluding hydrogens is 296 g/mol. The SMILES string of the molecule is O=C1CSc2ccc(NS(=O)(=O)CCCl)cc2N1. The molecule has 1 heterocycles. The van der Waals surface area contributed by atoms with Gasteiger partial charge in [-0.1, -0.05) is 0 Å². The van der Waals surface area contributed by atoms with Crippen molar-refractivity contribution in [2.45, 2.75) is 4.90 Å². The summed E-state index contributed by atoms with van der Waals surface area (Å²) in [4.78, 5) is 12.2. The Labute approximate surface area is 114 Å². The average Bonchev–Trinajstić information content (AvgIpc) is 2.27. The fraction of sp³-hybridized carbons (Fsp3) is 0.300. The van der Waals surface area contributed by atoms with E-state index in [-0.39, 0.29) is 17.5 Å². The number of alkyl halides is 1. The van der Waals surface area contributed by atoms with Gasteiger partial charge in [-0.05, 0) is 18.2 Å². The molecule has 1 aliphatic rings. The highest BCUT2D eigenvalue weighted by Gasteiger charge is 2.17. The molecule has 1 aliphatic heterocycles. The van der Waals surface area contributed by atoms with Crippen LogP contribution in [0.3, 0.4) is 0 Å². The van der Waals surface area contributed by atoms with Gasteiger partial charge in [0, 0.05) is 10.8 Å². The van der Waals surface area contributed by atoms with Gasteiger partial charge in [-0.3, -0.25) is 9.52 Å². The molecule has 1 aromatic rings. The molecule has 0 saturated heterocycles. The van der Waals surface area contributed by atoms with Crippen molar-refractivity contribution >= 4 is 50.7 Å². The van der Waals surface area contributed by atoms with Crippen LogP contribution in [0.25, 0.3) is 0 Å². The van der Waals surface area contributed by atoms with E-state index in [4.69, 9.17) is 11.6 Å². The molecular formula is C10H11ClN2O3S2. The lowest BCUT2D eigenvalue weighted by Gasteiger charge is -2.17. The highest BCUT2D eigenvalue weighted by atomic mass is 35.5. The fourth-order valence-corrected chi connectivity index (χ4v) is 3.67. The smallest absolute Gasteiger partial charge is 0.234 e. The Morgan fingerprint density at radius 3 is 2.94 bits per heavy atom. The van der Waals surface area contributed by atoms with Gasteiger partial charge < -0.3 is 5.32 Å². The zero-order valence-corrected chi connectivity index (χ0v) is 11.7. The summed E-state index contributed by atoms with van der Waals surface area (Å²) in [6.07, 6.45) is 0. The summed E-state index contributed by atoms with van der Waals surface area (Å²) in [6.45, 7) is 0. The van der Waals surface area contributed by atoms with Crippen LogP contribution in [0.5, 0.6) is 0 Å². The van der Waals surface area contributed by atoms with Gasteiger partial charge in [0.25, 0.3) is 0 Å². The maximum Gasteiger partial charge on any atom is 0.234 e. The summed E-state index contributed by atoms with van der Waals surface area (Å²) in [5, 5.41) is 2.70. The van der Waals surface area contributed by atoms with Crippen LogP contribution in [0.1, 0.15) is 0 Å². The lowest BCUT2D eigenvalue weighted by molar-refractivity contribution is -0.113. The van der Waals surface area contributed by atoms with Gasteiger partial charge in [0.2, 0.25) is 15.9 Å². The fourth-order valence-electron chi connectivity index (χ4n) is 1.48. The molecule has 1 amide bonds. The van der Waals surface area contributed by atoms with Crippen molar-refractivity contribution in [3.05, 3.63) is 18.2 Å². The second-order valence-electron chi connectivity index (χ2n) is 3.66. The Balaban J connectivity index is 2.21. The van der Waals surface area contributed by atoms with Crippen LogP contribution in [0.2, 0.25) is 0 Å². The van der Waals surface area contributed by atoms with E-state index >= 15 is 0 Å². The largest absolute Gasteiger partial charge is 0.324 e. The van der Waals surface area contributed by atoms with Gasteiger partial charge in [-0.15, -0.1) is 23.4 Å².